The molecule has 0 aliphatic carbocycles. The first-order valence-electron chi connectivity index (χ1n) is 6.74. The molecule has 0 spiro atoms. The van der Waals surface area contributed by atoms with E-state index >= 15 is 0 Å². The van der Waals surface area contributed by atoms with Crippen LogP contribution in [0.25, 0.3) is 0 Å². The molecule has 3 heteroatoms. The standard InChI is InChI=1S/C17H21NO2/c1-19-16-9-8-13(11-17(16)20-2)10-15(12-18)14-6-4-3-5-7-14/h3-9,11,15H,10,12,18H2,1-2H3/t15-/m0/s1. The van der Waals surface area contributed by atoms with Gasteiger partial charge in [0, 0.05) is 5.92 Å². The molecule has 106 valence electrons. The van der Waals surface area contributed by atoms with Gasteiger partial charge in [-0.15, -0.1) is 0 Å². The molecule has 0 saturated carbocycles. The summed E-state index contributed by atoms with van der Waals surface area (Å²) in [4.78, 5) is 0. The smallest absolute Gasteiger partial charge is 0.160 e. The lowest BCUT2D eigenvalue weighted by atomic mass is 9.92. The van der Waals surface area contributed by atoms with Gasteiger partial charge in [0.2, 0.25) is 0 Å². The van der Waals surface area contributed by atoms with Crippen LogP contribution in [0.5, 0.6) is 11.5 Å². The largest absolute Gasteiger partial charge is 0.493 e. The predicted octanol–water partition coefficient (Wildman–Crippen LogP) is 2.99. The Kier molecular flexibility index (Phi) is 5.02. The second-order valence-electron chi connectivity index (χ2n) is 4.74. The first kappa shape index (κ1) is 14.4. The molecule has 0 aliphatic rings. The van der Waals surface area contributed by atoms with Crippen LogP contribution < -0.4 is 15.2 Å². The Morgan fingerprint density at radius 3 is 2.25 bits per heavy atom. The van der Waals surface area contributed by atoms with Crippen molar-refractivity contribution < 1.29 is 9.47 Å². The SMILES string of the molecule is COc1ccc(C[C@@H](CN)c2ccccc2)cc1OC. The molecule has 0 bridgehead atoms. The van der Waals surface area contributed by atoms with Crippen molar-refractivity contribution in [1.82, 2.24) is 0 Å². The van der Waals surface area contributed by atoms with Crippen molar-refractivity contribution in [2.45, 2.75) is 12.3 Å². The van der Waals surface area contributed by atoms with E-state index < -0.39 is 0 Å². The van der Waals surface area contributed by atoms with E-state index in [2.05, 4.69) is 18.2 Å². The zero-order valence-corrected chi connectivity index (χ0v) is 12.0. The van der Waals surface area contributed by atoms with Crippen molar-refractivity contribution in [2.24, 2.45) is 5.73 Å². The summed E-state index contributed by atoms with van der Waals surface area (Å²) in [5, 5.41) is 0. The molecule has 2 rings (SSSR count). The highest BCUT2D eigenvalue weighted by atomic mass is 16.5. The second kappa shape index (κ2) is 6.96. The van der Waals surface area contributed by atoms with Crippen LogP contribution in [0, 0.1) is 0 Å². The molecule has 0 saturated heterocycles. The average Bonchev–Trinajstić information content (AvgIpc) is 2.53. The highest BCUT2D eigenvalue weighted by Crippen LogP contribution is 2.29. The normalized spacial score (nSPS) is 11.9. The van der Waals surface area contributed by atoms with E-state index in [1.165, 1.54) is 11.1 Å². The van der Waals surface area contributed by atoms with Crippen molar-refractivity contribution in [1.29, 1.82) is 0 Å². The first-order chi connectivity index (χ1) is 9.78. The molecule has 0 amide bonds. The Hall–Kier alpha value is -2.00. The molecule has 20 heavy (non-hydrogen) atoms. The number of nitrogens with two attached hydrogens (primary N) is 1. The molecule has 0 radical (unpaired) electrons. The first-order valence-corrected chi connectivity index (χ1v) is 6.74. The number of methoxy groups -OCH3 is 2. The third-order valence-electron chi connectivity index (χ3n) is 3.49. The van der Waals surface area contributed by atoms with Crippen molar-refractivity contribution in [3.05, 3.63) is 59.7 Å². The number of hydrogen-bond acceptors (Lipinski definition) is 3. The Morgan fingerprint density at radius 2 is 1.65 bits per heavy atom. The summed E-state index contributed by atoms with van der Waals surface area (Å²) >= 11 is 0. The fourth-order valence-electron chi connectivity index (χ4n) is 2.35. The van der Waals surface area contributed by atoms with Crippen molar-refractivity contribution in [3.63, 3.8) is 0 Å². The summed E-state index contributed by atoms with van der Waals surface area (Å²) in [7, 11) is 3.30. The van der Waals surface area contributed by atoms with E-state index in [1.807, 2.05) is 30.3 Å². The van der Waals surface area contributed by atoms with Gasteiger partial charge in [-0.05, 0) is 36.2 Å². The van der Waals surface area contributed by atoms with Crippen molar-refractivity contribution >= 4 is 0 Å². The van der Waals surface area contributed by atoms with Crippen LogP contribution >= 0.6 is 0 Å². The minimum Gasteiger partial charge on any atom is -0.493 e. The van der Waals surface area contributed by atoms with Gasteiger partial charge in [0.05, 0.1) is 14.2 Å². The van der Waals surface area contributed by atoms with Gasteiger partial charge in [-0.3, -0.25) is 0 Å². The zero-order chi connectivity index (χ0) is 14.4. The van der Waals surface area contributed by atoms with E-state index in [-0.39, 0.29) is 0 Å². The molecular weight excluding hydrogens is 250 g/mol. The Morgan fingerprint density at radius 1 is 0.950 bits per heavy atom. The van der Waals surface area contributed by atoms with Gasteiger partial charge < -0.3 is 15.2 Å². The maximum atomic E-state index is 5.92. The van der Waals surface area contributed by atoms with Crippen LogP contribution in [0.3, 0.4) is 0 Å². The van der Waals surface area contributed by atoms with Gasteiger partial charge in [-0.25, -0.2) is 0 Å². The summed E-state index contributed by atoms with van der Waals surface area (Å²) in [6.07, 6.45) is 0.890. The lowest BCUT2D eigenvalue weighted by molar-refractivity contribution is 0.354. The predicted molar refractivity (Wildman–Crippen MR) is 81.5 cm³/mol. The van der Waals surface area contributed by atoms with E-state index in [0.29, 0.717) is 12.5 Å². The lowest BCUT2D eigenvalue weighted by Gasteiger charge is -2.16. The fourth-order valence-corrected chi connectivity index (χ4v) is 2.35. The second-order valence-corrected chi connectivity index (χ2v) is 4.74. The Labute approximate surface area is 120 Å². The lowest BCUT2D eigenvalue weighted by Crippen LogP contribution is -2.15. The number of benzene rings is 2. The molecule has 0 fully saturated rings. The molecular formula is C17H21NO2. The van der Waals surface area contributed by atoms with Crippen LogP contribution in [-0.2, 0) is 6.42 Å². The minimum absolute atomic E-state index is 0.314. The number of hydrogen-bond donors (Lipinski definition) is 1. The molecule has 0 unspecified atom stereocenters. The number of rotatable bonds is 6. The summed E-state index contributed by atoms with van der Waals surface area (Å²) in [6.45, 7) is 0.623. The monoisotopic (exact) mass is 271 g/mol. The third-order valence-corrected chi connectivity index (χ3v) is 3.49. The van der Waals surface area contributed by atoms with Crippen LogP contribution in [0.15, 0.2) is 48.5 Å². The zero-order valence-electron chi connectivity index (χ0n) is 12.0. The molecule has 1 atom stereocenters. The maximum absolute atomic E-state index is 5.92. The summed E-state index contributed by atoms with van der Waals surface area (Å²) < 4.78 is 10.6. The van der Waals surface area contributed by atoms with Crippen LogP contribution in [0.2, 0.25) is 0 Å². The van der Waals surface area contributed by atoms with Crippen LogP contribution in [-0.4, -0.2) is 20.8 Å². The highest BCUT2D eigenvalue weighted by molar-refractivity contribution is 5.43. The van der Waals surface area contributed by atoms with E-state index in [9.17, 15) is 0 Å². The van der Waals surface area contributed by atoms with Gasteiger partial charge in [-0.1, -0.05) is 36.4 Å². The Balaban J connectivity index is 2.20. The van der Waals surface area contributed by atoms with Crippen LogP contribution in [0.4, 0.5) is 0 Å². The molecule has 2 N–H and O–H groups in total. The van der Waals surface area contributed by atoms with E-state index in [1.54, 1.807) is 14.2 Å². The average molecular weight is 271 g/mol. The Bertz CT molecular complexity index is 540. The molecule has 2 aromatic carbocycles. The van der Waals surface area contributed by atoms with E-state index in [4.69, 9.17) is 15.2 Å². The molecule has 2 aromatic rings. The highest BCUT2D eigenvalue weighted by Gasteiger charge is 2.12. The summed E-state index contributed by atoms with van der Waals surface area (Å²) in [5.74, 6) is 1.82. The fraction of sp³-hybridized carbons (Fsp3) is 0.294. The van der Waals surface area contributed by atoms with Crippen molar-refractivity contribution in [3.8, 4) is 11.5 Å². The van der Waals surface area contributed by atoms with Gasteiger partial charge in [-0.2, -0.15) is 0 Å². The topological polar surface area (TPSA) is 44.5 Å². The van der Waals surface area contributed by atoms with Crippen LogP contribution in [0.1, 0.15) is 17.0 Å². The maximum Gasteiger partial charge on any atom is 0.160 e. The van der Waals surface area contributed by atoms with Gasteiger partial charge in [0.1, 0.15) is 0 Å². The summed E-state index contributed by atoms with van der Waals surface area (Å²) in [5.41, 5.74) is 8.39. The summed E-state index contributed by atoms with van der Waals surface area (Å²) in [6, 6.07) is 16.4. The van der Waals surface area contributed by atoms with Gasteiger partial charge in [0.15, 0.2) is 11.5 Å². The molecule has 0 heterocycles. The molecule has 0 aromatic heterocycles. The number of ether oxygens (including phenoxy) is 2. The third kappa shape index (κ3) is 3.31. The van der Waals surface area contributed by atoms with E-state index in [0.717, 1.165) is 17.9 Å². The van der Waals surface area contributed by atoms with Gasteiger partial charge >= 0.3 is 0 Å². The molecule has 0 aliphatic heterocycles. The molecule has 3 nitrogen and oxygen atoms in total. The van der Waals surface area contributed by atoms with Gasteiger partial charge in [0.25, 0.3) is 0 Å². The minimum atomic E-state index is 0.314. The van der Waals surface area contributed by atoms with Crippen molar-refractivity contribution in [2.75, 3.05) is 20.8 Å². The quantitative estimate of drug-likeness (QED) is 0.878.